The lowest BCUT2D eigenvalue weighted by molar-refractivity contribution is 0.629. The molecule has 108 valence electrons. The van der Waals surface area contributed by atoms with E-state index in [1.165, 1.54) is 12.1 Å². The quantitative estimate of drug-likeness (QED) is 0.352. The summed E-state index contributed by atoms with van der Waals surface area (Å²) < 4.78 is 16.5. The molecule has 0 atom stereocenters. The second-order valence-corrected chi connectivity index (χ2v) is 6.68. The van der Waals surface area contributed by atoms with E-state index in [1.54, 1.807) is 4.57 Å². The minimum atomic E-state index is -0.506. The molecule has 1 aromatic heterocycles. The number of alkyl halides is 1. The van der Waals surface area contributed by atoms with Crippen molar-refractivity contribution in [3.05, 3.63) is 55.6 Å². The molecule has 0 unspecified atom stereocenters. The van der Waals surface area contributed by atoms with Crippen molar-refractivity contribution in [1.29, 1.82) is 0 Å². The Morgan fingerprint density at radius 2 is 1.90 bits per heavy atom. The Morgan fingerprint density at radius 3 is 2.57 bits per heavy atom. The van der Waals surface area contributed by atoms with Crippen LogP contribution in [0, 0.1) is 9.39 Å². The average Bonchev–Trinajstić information content (AvgIpc) is 2.77. The van der Waals surface area contributed by atoms with Gasteiger partial charge in [-0.1, -0.05) is 23.2 Å². The van der Waals surface area contributed by atoms with Crippen molar-refractivity contribution in [1.82, 2.24) is 9.55 Å². The van der Waals surface area contributed by atoms with Crippen LogP contribution in [0.1, 0.15) is 5.82 Å². The fourth-order valence-corrected chi connectivity index (χ4v) is 3.42. The van der Waals surface area contributed by atoms with Crippen molar-refractivity contribution in [2.75, 3.05) is 0 Å². The number of hydrogen-bond donors (Lipinski definition) is 0. The third kappa shape index (κ3) is 2.74. The highest BCUT2D eigenvalue weighted by Crippen LogP contribution is 2.31. The largest absolute Gasteiger partial charge is 0.294 e. The Labute approximate surface area is 149 Å². The zero-order valence-corrected chi connectivity index (χ0v) is 14.8. The first kappa shape index (κ1) is 15.3. The van der Waals surface area contributed by atoms with Gasteiger partial charge < -0.3 is 0 Å². The summed E-state index contributed by atoms with van der Waals surface area (Å²) in [5.41, 5.74) is 1.86. The first-order valence-electron chi connectivity index (χ1n) is 5.89. The van der Waals surface area contributed by atoms with Gasteiger partial charge in [-0.25, -0.2) is 9.37 Å². The van der Waals surface area contributed by atoms with Crippen LogP contribution >= 0.6 is 57.4 Å². The third-order valence-corrected chi connectivity index (χ3v) is 4.54. The average molecular weight is 455 g/mol. The Bertz CT molecular complexity index is 848. The van der Waals surface area contributed by atoms with E-state index in [-0.39, 0.29) is 10.9 Å². The Balaban J connectivity index is 2.37. The highest BCUT2D eigenvalue weighted by Gasteiger charge is 2.16. The number of hydrogen-bond acceptors (Lipinski definition) is 1. The molecule has 0 saturated carbocycles. The van der Waals surface area contributed by atoms with Crippen molar-refractivity contribution in [2.24, 2.45) is 0 Å². The minimum absolute atomic E-state index is 0.0296. The molecule has 2 nitrogen and oxygen atoms in total. The molecule has 0 amide bonds. The van der Waals surface area contributed by atoms with Crippen molar-refractivity contribution in [3.8, 4) is 5.69 Å². The molecule has 0 aliphatic carbocycles. The SMILES string of the molecule is Fc1cc2c(cc1Cl)nc(CCl)n2-c1ccc(I)cc1Cl. The topological polar surface area (TPSA) is 17.8 Å². The summed E-state index contributed by atoms with van der Waals surface area (Å²) in [6.45, 7) is 0. The molecule has 3 rings (SSSR count). The maximum atomic E-state index is 13.8. The number of fused-ring (bicyclic) bond motifs is 1. The Hall–Kier alpha value is -0.560. The van der Waals surface area contributed by atoms with Crippen molar-refractivity contribution >= 4 is 68.4 Å². The lowest BCUT2D eigenvalue weighted by atomic mass is 10.2. The summed E-state index contributed by atoms with van der Waals surface area (Å²) in [5, 5.41) is 0.574. The Morgan fingerprint density at radius 1 is 1.14 bits per heavy atom. The van der Waals surface area contributed by atoms with Gasteiger partial charge >= 0.3 is 0 Å². The van der Waals surface area contributed by atoms with E-state index in [4.69, 9.17) is 34.8 Å². The molecule has 0 bridgehead atoms. The molecular formula is C14H7Cl3FIN2. The molecule has 2 aromatic carbocycles. The Kier molecular flexibility index (Phi) is 4.32. The fourth-order valence-electron chi connectivity index (χ4n) is 2.14. The van der Waals surface area contributed by atoms with E-state index in [0.29, 0.717) is 27.6 Å². The molecular weight excluding hydrogens is 448 g/mol. The maximum Gasteiger partial charge on any atom is 0.144 e. The van der Waals surface area contributed by atoms with E-state index in [1.807, 2.05) is 18.2 Å². The lowest BCUT2D eigenvalue weighted by Crippen LogP contribution is -2.00. The molecule has 0 saturated heterocycles. The maximum absolute atomic E-state index is 13.8. The summed E-state index contributed by atoms with van der Waals surface area (Å²) in [6, 6.07) is 8.42. The van der Waals surface area contributed by atoms with E-state index in [2.05, 4.69) is 27.6 Å². The number of benzene rings is 2. The molecule has 3 aromatic rings. The van der Waals surface area contributed by atoms with Crippen LogP contribution < -0.4 is 0 Å². The number of aromatic nitrogens is 2. The first-order valence-corrected chi connectivity index (χ1v) is 8.26. The molecule has 0 aliphatic rings. The van der Waals surface area contributed by atoms with Gasteiger partial charge in [0.05, 0.1) is 32.6 Å². The van der Waals surface area contributed by atoms with Crippen LogP contribution in [-0.2, 0) is 5.88 Å². The van der Waals surface area contributed by atoms with Crippen molar-refractivity contribution < 1.29 is 4.39 Å². The van der Waals surface area contributed by atoms with Crippen LogP contribution in [0.4, 0.5) is 4.39 Å². The van der Waals surface area contributed by atoms with Gasteiger partial charge in [0.2, 0.25) is 0 Å². The standard InChI is InChI=1S/C14H7Cl3FIN2/c15-6-14-20-11-4-8(16)10(18)5-13(11)21(14)12-2-1-7(19)3-9(12)17/h1-5H,6H2. The zero-order valence-electron chi connectivity index (χ0n) is 10.4. The highest BCUT2D eigenvalue weighted by atomic mass is 127. The van der Waals surface area contributed by atoms with E-state index >= 15 is 0 Å². The van der Waals surface area contributed by atoms with Gasteiger partial charge in [-0.05, 0) is 46.9 Å². The molecule has 0 N–H and O–H groups in total. The van der Waals surface area contributed by atoms with Crippen LogP contribution in [0.2, 0.25) is 10.0 Å². The van der Waals surface area contributed by atoms with Gasteiger partial charge in [-0.15, -0.1) is 11.6 Å². The smallest absolute Gasteiger partial charge is 0.144 e. The second kappa shape index (κ2) is 5.91. The normalized spacial score (nSPS) is 11.3. The summed E-state index contributed by atoms with van der Waals surface area (Å²) in [7, 11) is 0. The number of halogens is 5. The summed E-state index contributed by atoms with van der Waals surface area (Å²) in [6.07, 6.45) is 0. The molecule has 0 aliphatic heterocycles. The first-order chi connectivity index (χ1) is 10.0. The minimum Gasteiger partial charge on any atom is -0.294 e. The van der Waals surface area contributed by atoms with E-state index < -0.39 is 5.82 Å². The van der Waals surface area contributed by atoms with Gasteiger partial charge in [-0.3, -0.25) is 4.57 Å². The molecule has 0 radical (unpaired) electrons. The van der Waals surface area contributed by atoms with Gasteiger partial charge in [0.1, 0.15) is 11.6 Å². The molecule has 1 heterocycles. The highest BCUT2D eigenvalue weighted by molar-refractivity contribution is 14.1. The summed E-state index contributed by atoms with van der Waals surface area (Å²) in [4.78, 5) is 4.39. The third-order valence-electron chi connectivity index (χ3n) is 3.04. The van der Waals surface area contributed by atoms with Gasteiger partial charge in [0.25, 0.3) is 0 Å². The monoisotopic (exact) mass is 454 g/mol. The van der Waals surface area contributed by atoms with Crippen LogP contribution in [0.25, 0.3) is 16.7 Å². The predicted octanol–water partition coefficient (Wildman–Crippen LogP) is 5.81. The van der Waals surface area contributed by atoms with Crippen LogP contribution in [0.5, 0.6) is 0 Å². The zero-order chi connectivity index (χ0) is 15.1. The van der Waals surface area contributed by atoms with Crippen molar-refractivity contribution in [2.45, 2.75) is 5.88 Å². The van der Waals surface area contributed by atoms with E-state index in [9.17, 15) is 4.39 Å². The van der Waals surface area contributed by atoms with Crippen molar-refractivity contribution in [3.63, 3.8) is 0 Å². The van der Waals surface area contributed by atoms with Gasteiger partial charge in [0.15, 0.2) is 0 Å². The lowest BCUT2D eigenvalue weighted by Gasteiger charge is -2.10. The second-order valence-electron chi connectivity index (χ2n) is 4.35. The molecule has 21 heavy (non-hydrogen) atoms. The molecule has 0 fully saturated rings. The van der Waals surface area contributed by atoms with Gasteiger partial charge in [-0.2, -0.15) is 0 Å². The number of nitrogens with zero attached hydrogens (tertiary/aromatic N) is 2. The van der Waals surface area contributed by atoms with Crippen LogP contribution in [0.15, 0.2) is 30.3 Å². The summed E-state index contributed by atoms with van der Waals surface area (Å²) in [5.74, 6) is 0.250. The predicted molar refractivity (Wildman–Crippen MR) is 93.3 cm³/mol. The van der Waals surface area contributed by atoms with E-state index in [0.717, 1.165) is 3.57 Å². The fraction of sp³-hybridized carbons (Fsp3) is 0.0714. The van der Waals surface area contributed by atoms with Crippen LogP contribution in [0.3, 0.4) is 0 Å². The summed E-state index contributed by atoms with van der Waals surface area (Å²) >= 11 is 20.2. The number of rotatable bonds is 2. The van der Waals surface area contributed by atoms with Gasteiger partial charge in [0, 0.05) is 9.64 Å². The van der Waals surface area contributed by atoms with Crippen LogP contribution in [-0.4, -0.2) is 9.55 Å². The molecule has 0 spiro atoms. The molecule has 7 heteroatoms. The number of imidazole rings is 1.